The molecule has 0 bridgehead atoms. The number of rotatable bonds is 8. The number of aryl methyl sites for hydroxylation is 2. The molecule has 254 valence electrons. The van der Waals surface area contributed by atoms with Gasteiger partial charge in [-0.3, -0.25) is 0 Å². The Morgan fingerprint density at radius 1 is 0.700 bits per heavy atom. The molecule has 3 heteroatoms. The molecule has 0 fully saturated rings. The van der Waals surface area contributed by atoms with Gasteiger partial charge in [0.05, 0.1) is 11.1 Å². The van der Waals surface area contributed by atoms with Crippen LogP contribution in [0.4, 0.5) is 22.7 Å². The van der Waals surface area contributed by atoms with Gasteiger partial charge in [0.25, 0.3) is 0 Å². The summed E-state index contributed by atoms with van der Waals surface area (Å²) in [5.41, 5.74) is 17.0. The van der Waals surface area contributed by atoms with Crippen LogP contribution in [0, 0.1) is 13.8 Å². The summed E-state index contributed by atoms with van der Waals surface area (Å²) >= 11 is 0. The van der Waals surface area contributed by atoms with Gasteiger partial charge in [-0.05, 0) is 114 Å². The molecule has 2 heterocycles. The number of anilines is 3. The predicted octanol–water partition coefficient (Wildman–Crippen LogP) is 11.8. The van der Waals surface area contributed by atoms with Crippen molar-refractivity contribution in [1.29, 1.82) is 0 Å². The standard InChI is InChI=1S/C47H52N3/c1-9-48-41-27-21-33(3)31-39(41)46(5,6)43(48)29-25-35-23-24-36(45(35)50(37-17-13-11-14-18-37)38-19-15-12-16-20-38)26-30-44-47(7,8)40-32-34(4)22-28-42(40)49(44)10-2/h11-22,25-32H,9-10,23-24H2,1-8H3/q+1. The molecule has 0 saturated carbocycles. The summed E-state index contributed by atoms with van der Waals surface area (Å²) in [6.07, 6.45) is 11.7. The molecule has 1 aliphatic carbocycles. The Morgan fingerprint density at radius 2 is 1.32 bits per heavy atom. The second-order valence-electron chi connectivity index (χ2n) is 15.1. The van der Waals surface area contributed by atoms with Gasteiger partial charge in [0.1, 0.15) is 6.54 Å². The topological polar surface area (TPSA) is 9.49 Å². The van der Waals surface area contributed by atoms with Crippen molar-refractivity contribution < 1.29 is 4.58 Å². The van der Waals surface area contributed by atoms with Crippen LogP contribution in [-0.4, -0.2) is 23.4 Å². The zero-order valence-corrected chi connectivity index (χ0v) is 31.2. The minimum absolute atomic E-state index is 0.0835. The normalized spacial score (nSPS) is 19.3. The molecular weight excluding hydrogens is 607 g/mol. The van der Waals surface area contributed by atoms with E-state index in [1.165, 1.54) is 73.3 Å². The van der Waals surface area contributed by atoms with Gasteiger partial charge >= 0.3 is 0 Å². The van der Waals surface area contributed by atoms with Crippen LogP contribution in [0.2, 0.25) is 0 Å². The fraction of sp³-hybridized carbons (Fsp3) is 0.298. The number of benzene rings is 4. The summed E-state index contributed by atoms with van der Waals surface area (Å²) in [4.78, 5) is 4.99. The van der Waals surface area contributed by atoms with Crippen LogP contribution >= 0.6 is 0 Å². The third-order valence-corrected chi connectivity index (χ3v) is 11.1. The van der Waals surface area contributed by atoms with Crippen molar-refractivity contribution in [2.24, 2.45) is 0 Å². The van der Waals surface area contributed by atoms with E-state index >= 15 is 0 Å². The highest BCUT2D eigenvalue weighted by Crippen LogP contribution is 2.49. The van der Waals surface area contributed by atoms with Gasteiger partial charge in [0, 0.05) is 52.4 Å². The summed E-state index contributed by atoms with van der Waals surface area (Å²) < 4.78 is 2.51. The van der Waals surface area contributed by atoms with Crippen LogP contribution in [0.15, 0.2) is 144 Å². The maximum atomic E-state index is 2.51. The van der Waals surface area contributed by atoms with Gasteiger partial charge in [-0.25, -0.2) is 0 Å². The maximum Gasteiger partial charge on any atom is 0.209 e. The number of likely N-dealkylation sites (N-methyl/N-ethyl adjacent to an activating group) is 1. The predicted molar refractivity (Wildman–Crippen MR) is 213 cm³/mol. The fourth-order valence-corrected chi connectivity index (χ4v) is 8.50. The quantitative estimate of drug-likeness (QED) is 0.174. The van der Waals surface area contributed by atoms with Gasteiger partial charge in [0.2, 0.25) is 5.69 Å². The van der Waals surface area contributed by atoms with E-state index in [9.17, 15) is 0 Å². The molecule has 0 radical (unpaired) electrons. The molecule has 0 aromatic heterocycles. The van der Waals surface area contributed by atoms with E-state index in [4.69, 9.17) is 0 Å². The molecular formula is C47H52N3+. The third kappa shape index (κ3) is 5.67. The molecule has 0 unspecified atom stereocenters. The van der Waals surface area contributed by atoms with Crippen molar-refractivity contribution in [3.8, 4) is 0 Å². The first kappa shape index (κ1) is 33.6. The highest BCUT2D eigenvalue weighted by atomic mass is 15.2. The van der Waals surface area contributed by atoms with Gasteiger partial charge in [-0.1, -0.05) is 91.7 Å². The first-order chi connectivity index (χ1) is 24.1. The number of nitrogens with zero attached hydrogens (tertiary/aromatic N) is 3. The van der Waals surface area contributed by atoms with E-state index in [-0.39, 0.29) is 10.8 Å². The lowest BCUT2D eigenvalue weighted by Crippen LogP contribution is -2.27. The lowest BCUT2D eigenvalue weighted by atomic mass is 9.80. The number of hydrogen-bond acceptors (Lipinski definition) is 2. The highest BCUT2D eigenvalue weighted by Gasteiger charge is 2.44. The molecule has 0 spiro atoms. The first-order valence-electron chi connectivity index (χ1n) is 18.4. The SMILES string of the molecule is CCN1/C(=C/C=C2\CCC(/C=C/C3=[N+](CC)c4ccc(C)cc4C3(C)C)=C2N(c2ccccc2)c2ccccc2)C(C)(C)c2cc(C)ccc21. The minimum atomic E-state index is -0.0835. The van der Waals surface area contributed by atoms with Crippen molar-refractivity contribution in [3.05, 3.63) is 166 Å². The van der Waals surface area contributed by atoms with E-state index in [1.807, 2.05) is 0 Å². The van der Waals surface area contributed by atoms with Crippen LogP contribution in [0.1, 0.15) is 76.6 Å². The molecule has 0 amide bonds. The number of hydrogen-bond donors (Lipinski definition) is 0. The van der Waals surface area contributed by atoms with Crippen LogP contribution in [0.25, 0.3) is 0 Å². The Kier molecular flexibility index (Phi) is 8.80. The molecule has 0 saturated heterocycles. The molecule has 0 atom stereocenters. The largest absolute Gasteiger partial charge is 0.344 e. The molecule has 4 aromatic carbocycles. The van der Waals surface area contributed by atoms with E-state index in [2.05, 4.69) is 191 Å². The summed E-state index contributed by atoms with van der Waals surface area (Å²) in [6.45, 7) is 20.3. The van der Waals surface area contributed by atoms with Crippen LogP contribution in [-0.2, 0) is 10.8 Å². The molecule has 4 aromatic rings. The van der Waals surface area contributed by atoms with E-state index in [0.717, 1.165) is 25.9 Å². The Balaban J connectivity index is 1.40. The maximum absolute atomic E-state index is 2.51. The van der Waals surface area contributed by atoms with Crippen LogP contribution in [0.3, 0.4) is 0 Å². The summed E-state index contributed by atoms with van der Waals surface area (Å²) in [7, 11) is 0. The van der Waals surface area contributed by atoms with Gasteiger partial charge < -0.3 is 9.80 Å². The Labute approximate surface area is 300 Å². The van der Waals surface area contributed by atoms with Crippen molar-refractivity contribution in [2.45, 2.75) is 79.1 Å². The fourth-order valence-electron chi connectivity index (χ4n) is 8.50. The van der Waals surface area contributed by atoms with Crippen LogP contribution < -0.4 is 9.80 Å². The second-order valence-corrected chi connectivity index (χ2v) is 15.1. The lowest BCUT2D eigenvalue weighted by Gasteiger charge is -2.29. The monoisotopic (exact) mass is 658 g/mol. The smallest absolute Gasteiger partial charge is 0.209 e. The highest BCUT2D eigenvalue weighted by molar-refractivity contribution is 6.03. The lowest BCUT2D eigenvalue weighted by molar-refractivity contribution is -0.433. The first-order valence-corrected chi connectivity index (χ1v) is 18.4. The average Bonchev–Trinajstić information content (AvgIpc) is 3.68. The second kappa shape index (κ2) is 13.1. The van der Waals surface area contributed by atoms with Crippen LogP contribution in [0.5, 0.6) is 0 Å². The number of para-hydroxylation sites is 2. The molecule has 3 nitrogen and oxygen atoms in total. The van der Waals surface area contributed by atoms with Crippen molar-refractivity contribution >= 4 is 28.5 Å². The summed E-state index contributed by atoms with van der Waals surface area (Å²) in [5.74, 6) is 0. The minimum Gasteiger partial charge on any atom is -0.344 e. The zero-order valence-electron chi connectivity index (χ0n) is 31.2. The summed E-state index contributed by atoms with van der Waals surface area (Å²) in [5, 5.41) is 0. The van der Waals surface area contributed by atoms with Gasteiger partial charge in [-0.2, -0.15) is 4.58 Å². The number of fused-ring (bicyclic) bond motifs is 2. The number of allylic oxidation sites excluding steroid dienone is 7. The van der Waals surface area contributed by atoms with E-state index in [0.29, 0.717) is 0 Å². The Morgan fingerprint density at radius 3 is 1.94 bits per heavy atom. The molecule has 0 N–H and O–H groups in total. The molecule has 50 heavy (non-hydrogen) atoms. The molecule has 2 aliphatic heterocycles. The average molecular weight is 659 g/mol. The third-order valence-electron chi connectivity index (χ3n) is 11.1. The zero-order chi connectivity index (χ0) is 35.2. The van der Waals surface area contributed by atoms with E-state index in [1.54, 1.807) is 0 Å². The van der Waals surface area contributed by atoms with Gasteiger partial charge in [0.15, 0.2) is 5.71 Å². The molecule has 7 rings (SSSR count). The van der Waals surface area contributed by atoms with E-state index < -0.39 is 0 Å². The van der Waals surface area contributed by atoms with Crippen molar-refractivity contribution in [2.75, 3.05) is 22.9 Å². The Hall–Kier alpha value is -4.89. The van der Waals surface area contributed by atoms with Gasteiger partial charge in [-0.15, -0.1) is 0 Å². The Bertz CT molecular complexity index is 2050. The van der Waals surface area contributed by atoms with Crippen molar-refractivity contribution in [1.82, 2.24) is 0 Å². The summed E-state index contributed by atoms with van der Waals surface area (Å²) in [6, 6.07) is 35.6. The molecule has 3 aliphatic rings. The van der Waals surface area contributed by atoms with Crippen molar-refractivity contribution in [3.63, 3.8) is 0 Å².